The lowest BCUT2D eigenvalue weighted by Crippen LogP contribution is -2.40. The van der Waals surface area contributed by atoms with Crippen molar-refractivity contribution in [2.45, 2.75) is 88.0 Å². The van der Waals surface area contributed by atoms with Crippen LogP contribution in [0.25, 0.3) is 0 Å². The summed E-state index contributed by atoms with van der Waals surface area (Å²) in [7, 11) is 0. The zero-order valence-corrected chi connectivity index (χ0v) is 20.3. The summed E-state index contributed by atoms with van der Waals surface area (Å²) in [5.41, 5.74) is 0. The van der Waals surface area contributed by atoms with E-state index >= 15 is 0 Å². The number of carboxylic acids is 1. The summed E-state index contributed by atoms with van der Waals surface area (Å²) in [6.07, 6.45) is -2.65. The Kier molecular flexibility index (Phi) is 9.50. The van der Waals surface area contributed by atoms with Gasteiger partial charge in [0.05, 0.1) is 18.6 Å². The largest absolute Gasteiger partial charge is 0.481 e. The van der Waals surface area contributed by atoms with Crippen LogP contribution in [-0.4, -0.2) is 92.4 Å². The van der Waals surface area contributed by atoms with Crippen molar-refractivity contribution in [2.24, 2.45) is 11.8 Å². The number of aliphatic hydroxyl groups excluding tert-OH is 4. The molecular formula is C24H33ClO10. The van der Waals surface area contributed by atoms with Gasteiger partial charge in [-0.1, -0.05) is 49.8 Å². The van der Waals surface area contributed by atoms with Crippen LogP contribution in [0, 0.1) is 11.8 Å². The van der Waals surface area contributed by atoms with Crippen LogP contribution >= 0.6 is 11.6 Å². The summed E-state index contributed by atoms with van der Waals surface area (Å²) in [6, 6.07) is 0. The second-order valence-electron chi connectivity index (χ2n) is 9.47. The fourth-order valence-corrected chi connectivity index (χ4v) is 4.76. The Morgan fingerprint density at radius 1 is 1.17 bits per heavy atom. The van der Waals surface area contributed by atoms with Crippen molar-refractivity contribution >= 4 is 23.5 Å². The molecule has 0 saturated carbocycles. The van der Waals surface area contributed by atoms with E-state index in [0.29, 0.717) is 6.42 Å². The first-order valence-electron chi connectivity index (χ1n) is 11.7. The van der Waals surface area contributed by atoms with Crippen LogP contribution in [-0.2, 0) is 23.8 Å². The van der Waals surface area contributed by atoms with E-state index in [2.05, 4.69) is 0 Å². The monoisotopic (exact) mass is 516 g/mol. The molecule has 0 spiro atoms. The molecule has 0 unspecified atom stereocenters. The Morgan fingerprint density at radius 3 is 2.57 bits per heavy atom. The lowest BCUT2D eigenvalue weighted by molar-refractivity contribution is -0.171. The van der Waals surface area contributed by atoms with E-state index in [1.807, 2.05) is 0 Å². The van der Waals surface area contributed by atoms with Gasteiger partial charge in [0, 0.05) is 11.5 Å². The van der Waals surface area contributed by atoms with Crippen molar-refractivity contribution < 1.29 is 49.3 Å². The summed E-state index contributed by atoms with van der Waals surface area (Å²) in [6.45, 7) is 3.45. The number of hydrogen-bond acceptors (Lipinski definition) is 9. The van der Waals surface area contributed by atoms with E-state index in [9.17, 15) is 30.0 Å². The highest BCUT2D eigenvalue weighted by atomic mass is 35.5. The predicted molar refractivity (Wildman–Crippen MR) is 123 cm³/mol. The maximum absolute atomic E-state index is 13.0. The number of carbonyl (C=O) groups is 2. The highest BCUT2D eigenvalue weighted by Gasteiger charge is 2.48. The Labute approximate surface area is 208 Å². The second-order valence-corrected chi connectivity index (χ2v) is 9.91. The number of ether oxygens (including phenoxy) is 3. The number of rotatable bonds is 5. The normalized spacial score (nSPS) is 42.4. The van der Waals surface area contributed by atoms with E-state index < -0.39 is 66.9 Å². The molecule has 3 heterocycles. The van der Waals surface area contributed by atoms with Gasteiger partial charge in [-0.15, -0.1) is 0 Å². The maximum atomic E-state index is 13.0. The summed E-state index contributed by atoms with van der Waals surface area (Å²) in [5, 5.41) is 51.0. The molecule has 3 rings (SSSR count). The number of allylic oxidation sites excluding steroid dienone is 3. The van der Waals surface area contributed by atoms with E-state index in [1.165, 1.54) is 30.4 Å². The van der Waals surface area contributed by atoms with Crippen molar-refractivity contribution in [2.75, 3.05) is 0 Å². The minimum Gasteiger partial charge on any atom is -0.481 e. The van der Waals surface area contributed by atoms with Crippen molar-refractivity contribution in [3.63, 3.8) is 0 Å². The first-order chi connectivity index (χ1) is 16.5. The van der Waals surface area contributed by atoms with E-state index in [0.717, 1.165) is 0 Å². The SMILES string of the molecule is C[C@@H]1C[C@H]2O[C@H]1C(=O)O[C@H]1C[C@@H](O[C@H]1[C@H](O)/C=C/[C@H](C)CC(=O)O)[C@H](O)/C(Cl)=C/C=C\[C@H](O)[C@H]2O. The number of fused-ring (bicyclic) bond motifs is 4. The minimum atomic E-state index is -1.31. The Morgan fingerprint density at radius 2 is 1.89 bits per heavy atom. The van der Waals surface area contributed by atoms with E-state index in [-0.39, 0.29) is 29.7 Å². The third kappa shape index (κ3) is 6.91. The van der Waals surface area contributed by atoms with Gasteiger partial charge in [-0.05, 0) is 24.3 Å². The van der Waals surface area contributed by atoms with Gasteiger partial charge in [0.2, 0.25) is 0 Å². The topological polar surface area (TPSA) is 163 Å². The number of carbonyl (C=O) groups excluding carboxylic acids is 1. The quantitative estimate of drug-likeness (QED) is 0.259. The summed E-state index contributed by atoms with van der Waals surface area (Å²) in [4.78, 5) is 23.9. The van der Waals surface area contributed by atoms with Crippen LogP contribution in [0.4, 0.5) is 0 Å². The molecule has 5 N–H and O–H groups in total. The molecule has 3 aliphatic rings. The molecule has 10 nitrogen and oxygen atoms in total. The first kappa shape index (κ1) is 27.8. The number of halogens is 1. The zero-order chi connectivity index (χ0) is 25.9. The lowest BCUT2D eigenvalue weighted by atomic mass is 9.97. The highest BCUT2D eigenvalue weighted by molar-refractivity contribution is 6.30. The number of aliphatic carboxylic acids is 1. The number of aliphatic hydroxyl groups is 4. The minimum absolute atomic E-state index is 0.0138. The maximum Gasteiger partial charge on any atom is 0.335 e. The van der Waals surface area contributed by atoms with E-state index in [1.54, 1.807) is 13.8 Å². The zero-order valence-electron chi connectivity index (χ0n) is 19.5. The van der Waals surface area contributed by atoms with Gasteiger partial charge in [0.15, 0.2) is 6.10 Å². The third-order valence-electron chi connectivity index (χ3n) is 6.50. The Hall–Kier alpha value is -1.79. The van der Waals surface area contributed by atoms with Gasteiger partial charge >= 0.3 is 11.9 Å². The summed E-state index contributed by atoms with van der Waals surface area (Å²) >= 11 is 6.21. The molecule has 4 bridgehead atoms. The fraction of sp³-hybridized carbons (Fsp3) is 0.667. The molecule has 2 fully saturated rings. The smallest absolute Gasteiger partial charge is 0.335 e. The molecule has 35 heavy (non-hydrogen) atoms. The van der Waals surface area contributed by atoms with Gasteiger partial charge in [0.25, 0.3) is 0 Å². The molecule has 0 aliphatic carbocycles. The average molecular weight is 517 g/mol. The molecule has 0 radical (unpaired) electrons. The van der Waals surface area contributed by atoms with Crippen LogP contribution in [0.15, 0.2) is 35.4 Å². The number of hydrogen-bond donors (Lipinski definition) is 5. The Bertz CT molecular complexity index is 857. The van der Waals surface area contributed by atoms with Crippen molar-refractivity contribution in [3.05, 3.63) is 35.4 Å². The number of carboxylic acid groups (broad SMARTS) is 1. The van der Waals surface area contributed by atoms with Gasteiger partial charge in [-0.3, -0.25) is 4.79 Å². The Balaban J connectivity index is 1.86. The van der Waals surface area contributed by atoms with Crippen LogP contribution in [0.3, 0.4) is 0 Å². The van der Waals surface area contributed by atoms with Crippen LogP contribution in [0.5, 0.6) is 0 Å². The van der Waals surface area contributed by atoms with Crippen LogP contribution < -0.4 is 0 Å². The van der Waals surface area contributed by atoms with Gasteiger partial charge in [-0.2, -0.15) is 0 Å². The molecule has 0 aromatic rings. The number of esters is 1. The predicted octanol–water partition coefficient (Wildman–Crippen LogP) is 0.652. The van der Waals surface area contributed by atoms with Crippen LogP contribution in [0.1, 0.15) is 33.1 Å². The molecular weight excluding hydrogens is 484 g/mol. The summed E-state index contributed by atoms with van der Waals surface area (Å²) in [5.74, 6) is -2.34. The lowest BCUT2D eigenvalue weighted by Gasteiger charge is -2.25. The molecule has 0 aromatic carbocycles. The molecule has 3 aliphatic heterocycles. The second kappa shape index (κ2) is 12.0. The molecule has 196 valence electrons. The molecule has 0 aromatic heterocycles. The molecule has 11 atom stereocenters. The van der Waals surface area contributed by atoms with Crippen molar-refractivity contribution in [1.82, 2.24) is 0 Å². The fourth-order valence-electron chi connectivity index (χ4n) is 4.55. The van der Waals surface area contributed by atoms with E-state index in [4.69, 9.17) is 30.9 Å². The van der Waals surface area contributed by atoms with Crippen LogP contribution in [0.2, 0.25) is 0 Å². The van der Waals surface area contributed by atoms with Gasteiger partial charge < -0.3 is 39.7 Å². The molecule has 0 amide bonds. The standard InChI is InChI=1S/C24H33ClO10/c1-11(8-19(28)29)6-7-15(27)23-18-10-17(34-23)20(30)13(25)4-3-5-14(26)21(31)16-9-12(2)22(33-16)24(32)35-18/h3-7,11-12,14-18,20-23,26-27,30-31H,8-10H2,1-2H3,(H,28,29)/b5-3-,7-6+,13-4-/t11-,12+,14-,15+,16+,17+,18-,20+,21+,22+,23-/m0/s1. The molecule has 2 saturated heterocycles. The van der Waals surface area contributed by atoms with Crippen molar-refractivity contribution in [3.8, 4) is 0 Å². The van der Waals surface area contributed by atoms with Gasteiger partial charge in [0.1, 0.15) is 36.6 Å². The third-order valence-corrected chi connectivity index (χ3v) is 6.85. The summed E-state index contributed by atoms with van der Waals surface area (Å²) < 4.78 is 17.2. The molecule has 11 heteroatoms. The average Bonchev–Trinajstić information content (AvgIpc) is 3.38. The van der Waals surface area contributed by atoms with Crippen molar-refractivity contribution in [1.29, 1.82) is 0 Å². The first-order valence-corrected chi connectivity index (χ1v) is 12.0. The van der Waals surface area contributed by atoms with Gasteiger partial charge in [-0.25, -0.2) is 4.79 Å². The highest BCUT2D eigenvalue weighted by Crippen LogP contribution is 2.35.